The van der Waals surface area contributed by atoms with E-state index in [1.165, 1.54) is 16.4 Å². The number of ether oxygens (including phenoxy) is 1. The van der Waals surface area contributed by atoms with Gasteiger partial charge in [0.25, 0.3) is 0 Å². The first-order chi connectivity index (χ1) is 14.9. The summed E-state index contributed by atoms with van der Waals surface area (Å²) in [6.45, 7) is 2.89. The maximum absolute atomic E-state index is 13.0. The van der Waals surface area contributed by atoms with Gasteiger partial charge in [-0.05, 0) is 50.1 Å². The molecule has 8 nitrogen and oxygen atoms in total. The summed E-state index contributed by atoms with van der Waals surface area (Å²) in [7, 11) is -3.69. The number of carbonyl (C=O) groups excluding carboxylic acids is 1. The van der Waals surface area contributed by atoms with Gasteiger partial charge in [-0.3, -0.25) is 9.59 Å². The van der Waals surface area contributed by atoms with Crippen molar-refractivity contribution in [1.29, 1.82) is 0 Å². The maximum atomic E-state index is 13.0. The first-order valence-electron chi connectivity index (χ1n) is 10.0. The van der Waals surface area contributed by atoms with Crippen LogP contribution >= 0.6 is 11.3 Å². The fourth-order valence-electron chi connectivity index (χ4n) is 3.68. The van der Waals surface area contributed by atoms with E-state index < -0.39 is 10.0 Å². The van der Waals surface area contributed by atoms with Gasteiger partial charge in [-0.25, -0.2) is 8.42 Å². The van der Waals surface area contributed by atoms with Crippen LogP contribution in [-0.2, 0) is 14.8 Å². The third-order valence-corrected chi connectivity index (χ3v) is 8.04. The molecule has 3 aromatic rings. The predicted octanol–water partition coefficient (Wildman–Crippen LogP) is 3.03. The van der Waals surface area contributed by atoms with Gasteiger partial charge in [0, 0.05) is 19.0 Å². The molecule has 2 heterocycles. The van der Waals surface area contributed by atoms with E-state index in [-0.39, 0.29) is 34.7 Å². The number of nitrogens with zero attached hydrogens (tertiary/aromatic N) is 1. The van der Waals surface area contributed by atoms with Crippen molar-refractivity contribution >= 4 is 43.2 Å². The van der Waals surface area contributed by atoms with Crippen LogP contribution in [0.3, 0.4) is 0 Å². The van der Waals surface area contributed by atoms with E-state index in [2.05, 4.69) is 10.3 Å². The Balaban J connectivity index is 1.42. The zero-order chi connectivity index (χ0) is 22.0. The number of thiazole rings is 1. The van der Waals surface area contributed by atoms with E-state index in [1.54, 1.807) is 18.2 Å². The molecule has 0 unspecified atom stereocenters. The number of hydrogen-bond acceptors (Lipinski definition) is 6. The standard InChI is InChI=1S/C21H23N3O5S2/c1-2-29-18-6-4-3-5-16(18)22-20(25)14-9-11-24(12-10-14)31(27,28)15-7-8-17-19(13-15)30-21(26)23-17/h3-8,13-14H,2,9-12H2,1H3,(H,22,25)(H,23,26). The van der Waals surface area contributed by atoms with Gasteiger partial charge in [-0.1, -0.05) is 23.5 Å². The molecule has 31 heavy (non-hydrogen) atoms. The highest BCUT2D eigenvalue weighted by Gasteiger charge is 2.32. The van der Waals surface area contributed by atoms with Crippen molar-refractivity contribution in [1.82, 2.24) is 9.29 Å². The van der Waals surface area contributed by atoms with Crippen molar-refractivity contribution in [3.05, 3.63) is 52.1 Å². The van der Waals surface area contributed by atoms with Crippen LogP contribution in [0.1, 0.15) is 19.8 Å². The van der Waals surface area contributed by atoms with E-state index in [9.17, 15) is 18.0 Å². The highest BCUT2D eigenvalue weighted by molar-refractivity contribution is 7.89. The minimum absolute atomic E-state index is 0.136. The van der Waals surface area contributed by atoms with E-state index in [1.807, 2.05) is 19.1 Å². The average molecular weight is 462 g/mol. The lowest BCUT2D eigenvalue weighted by molar-refractivity contribution is -0.120. The summed E-state index contributed by atoms with van der Waals surface area (Å²) in [6.07, 6.45) is 0.864. The first kappa shape index (κ1) is 21.5. The second-order valence-electron chi connectivity index (χ2n) is 7.27. The van der Waals surface area contributed by atoms with Crippen LogP contribution in [0.2, 0.25) is 0 Å². The number of rotatable bonds is 6. The maximum Gasteiger partial charge on any atom is 0.305 e. The number of hydrogen-bond donors (Lipinski definition) is 2. The summed E-state index contributed by atoms with van der Waals surface area (Å²) in [4.78, 5) is 26.8. The number of carbonyl (C=O) groups is 1. The normalized spacial score (nSPS) is 15.8. The number of piperidine rings is 1. The van der Waals surface area contributed by atoms with Gasteiger partial charge < -0.3 is 15.0 Å². The zero-order valence-corrected chi connectivity index (χ0v) is 18.6. The molecule has 10 heteroatoms. The van der Waals surface area contributed by atoms with E-state index in [4.69, 9.17) is 4.74 Å². The van der Waals surface area contributed by atoms with Crippen LogP contribution < -0.4 is 14.9 Å². The average Bonchev–Trinajstić information content (AvgIpc) is 3.14. The fourth-order valence-corrected chi connectivity index (χ4v) is 6.03. The SMILES string of the molecule is CCOc1ccccc1NC(=O)C1CCN(S(=O)(=O)c2ccc3[nH]c(=O)sc3c2)CC1. The Labute approximate surface area is 183 Å². The molecule has 1 aromatic heterocycles. The van der Waals surface area contributed by atoms with Gasteiger partial charge in [0.2, 0.25) is 15.9 Å². The highest BCUT2D eigenvalue weighted by atomic mass is 32.2. The van der Waals surface area contributed by atoms with E-state index >= 15 is 0 Å². The second kappa shape index (κ2) is 8.81. The molecule has 0 radical (unpaired) electrons. The number of anilines is 1. The number of amides is 1. The van der Waals surface area contributed by atoms with Gasteiger partial charge in [0.15, 0.2) is 0 Å². The lowest BCUT2D eigenvalue weighted by atomic mass is 9.97. The van der Waals surface area contributed by atoms with Crippen molar-refractivity contribution in [3.8, 4) is 5.75 Å². The molecule has 0 saturated carbocycles. The third kappa shape index (κ3) is 4.51. The highest BCUT2D eigenvalue weighted by Crippen LogP contribution is 2.29. The number of aromatic amines is 1. The molecule has 1 aliphatic rings. The molecule has 1 aliphatic heterocycles. The molecular formula is C21H23N3O5S2. The number of nitrogens with one attached hydrogen (secondary N) is 2. The number of aromatic nitrogens is 1. The predicted molar refractivity (Wildman–Crippen MR) is 120 cm³/mol. The molecule has 0 bridgehead atoms. The topological polar surface area (TPSA) is 109 Å². The minimum atomic E-state index is -3.69. The molecule has 0 spiro atoms. The monoisotopic (exact) mass is 461 g/mol. The lowest BCUT2D eigenvalue weighted by Gasteiger charge is -2.30. The molecule has 1 saturated heterocycles. The van der Waals surface area contributed by atoms with Gasteiger partial charge in [0.1, 0.15) is 5.75 Å². The molecule has 1 amide bonds. The van der Waals surface area contributed by atoms with Crippen LogP contribution in [0.5, 0.6) is 5.75 Å². The molecule has 2 N–H and O–H groups in total. The zero-order valence-electron chi connectivity index (χ0n) is 17.0. The van der Waals surface area contributed by atoms with Crippen molar-refractivity contribution in [2.24, 2.45) is 5.92 Å². The number of H-pyrrole nitrogens is 1. The molecule has 1 fully saturated rings. The van der Waals surface area contributed by atoms with Crippen LogP contribution in [-0.4, -0.2) is 43.3 Å². The number of benzene rings is 2. The minimum Gasteiger partial charge on any atom is -0.492 e. The van der Waals surface area contributed by atoms with Crippen molar-refractivity contribution < 1.29 is 17.9 Å². The Kier molecular flexibility index (Phi) is 6.12. The molecule has 0 atom stereocenters. The Morgan fingerprint density at radius 2 is 1.97 bits per heavy atom. The summed E-state index contributed by atoms with van der Waals surface area (Å²) >= 11 is 0.982. The summed E-state index contributed by atoms with van der Waals surface area (Å²) < 4.78 is 33.6. The smallest absolute Gasteiger partial charge is 0.305 e. The van der Waals surface area contributed by atoms with Crippen molar-refractivity contribution in [2.75, 3.05) is 25.0 Å². The summed E-state index contributed by atoms with van der Waals surface area (Å²) in [5.41, 5.74) is 1.24. The third-order valence-electron chi connectivity index (χ3n) is 5.30. The number of fused-ring (bicyclic) bond motifs is 1. The number of sulfonamides is 1. The van der Waals surface area contributed by atoms with Gasteiger partial charge in [0.05, 0.1) is 27.4 Å². The lowest BCUT2D eigenvalue weighted by Crippen LogP contribution is -2.41. The Morgan fingerprint density at radius 3 is 2.71 bits per heavy atom. The Hall–Kier alpha value is -2.69. The van der Waals surface area contributed by atoms with Crippen LogP contribution in [0.4, 0.5) is 5.69 Å². The summed E-state index contributed by atoms with van der Waals surface area (Å²) in [6, 6.07) is 11.9. The van der Waals surface area contributed by atoms with Gasteiger partial charge >= 0.3 is 4.87 Å². The number of para-hydroxylation sites is 2. The van der Waals surface area contributed by atoms with Crippen LogP contribution in [0, 0.1) is 5.92 Å². The van der Waals surface area contributed by atoms with E-state index in [0.29, 0.717) is 41.1 Å². The largest absolute Gasteiger partial charge is 0.492 e. The van der Waals surface area contributed by atoms with Gasteiger partial charge in [-0.15, -0.1) is 0 Å². The van der Waals surface area contributed by atoms with Crippen molar-refractivity contribution in [3.63, 3.8) is 0 Å². The second-order valence-corrected chi connectivity index (χ2v) is 10.2. The summed E-state index contributed by atoms with van der Waals surface area (Å²) in [5.74, 6) is 0.196. The quantitative estimate of drug-likeness (QED) is 0.587. The Bertz CT molecular complexity index is 1260. The van der Waals surface area contributed by atoms with E-state index in [0.717, 1.165) is 11.3 Å². The molecular weight excluding hydrogens is 438 g/mol. The van der Waals surface area contributed by atoms with Crippen molar-refractivity contribution in [2.45, 2.75) is 24.7 Å². The molecule has 0 aliphatic carbocycles. The fraction of sp³-hybridized carbons (Fsp3) is 0.333. The molecule has 4 rings (SSSR count). The Morgan fingerprint density at radius 1 is 1.23 bits per heavy atom. The molecule has 2 aromatic carbocycles. The van der Waals surface area contributed by atoms with Crippen LogP contribution in [0.15, 0.2) is 52.2 Å². The summed E-state index contributed by atoms with van der Waals surface area (Å²) in [5, 5.41) is 2.91. The van der Waals surface area contributed by atoms with Gasteiger partial charge in [-0.2, -0.15) is 4.31 Å². The van der Waals surface area contributed by atoms with Crippen LogP contribution in [0.25, 0.3) is 10.2 Å². The molecule has 164 valence electrons. The first-order valence-corrected chi connectivity index (χ1v) is 12.3.